The second kappa shape index (κ2) is 4.30. The highest BCUT2D eigenvalue weighted by atomic mass is 15.3. The summed E-state index contributed by atoms with van der Waals surface area (Å²) in [4.78, 5) is 8.64. The minimum absolute atomic E-state index is 0.666. The molecule has 0 unspecified atom stereocenters. The maximum absolute atomic E-state index is 6.05. The quantitative estimate of drug-likeness (QED) is 0.732. The van der Waals surface area contributed by atoms with Crippen LogP contribution >= 0.6 is 0 Å². The highest BCUT2D eigenvalue weighted by molar-refractivity contribution is 5.76. The Hall–Kier alpha value is -2.43. The van der Waals surface area contributed by atoms with Crippen LogP contribution in [-0.4, -0.2) is 19.7 Å². The molecule has 0 spiro atoms. The number of rotatable bonds is 1. The lowest BCUT2D eigenvalue weighted by Crippen LogP contribution is -2.07. The van der Waals surface area contributed by atoms with Crippen LogP contribution in [0.3, 0.4) is 0 Å². The van der Waals surface area contributed by atoms with Gasteiger partial charge in [-0.25, -0.2) is 4.68 Å². The summed E-state index contributed by atoms with van der Waals surface area (Å²) in [6.45, 7) is 0. The fourth-order valence-corrected chi connectivity index (χ4v) is 2.92. The Morgan fingerprint density at radius 3 is 2.70 bits per heavy atom. The zero-order valence-corrected chi connectivity index (χ0v) is 11.1. The fourth-order valence-electron chi connectivity index (χ4n) is 2.92. The first-order valence-corrected chi connectivity index (χ1v) is 6.90. The predicted molar refractivity (Wildman–Crippen MR) is 77.7 cm³/mol. The van der Waals surface area contributed by atoms with E-state index in [2.05, 4.69) is 15.1 Å². The summed E-state index contributed by atoms with van der Waals surface area (Å²) in [5.74, 6) is 0.666. The van der Waals surface area contributed by atoms with E-state index in [9.17, 15) is 0 Å². The first kappa shape index (κ1) is 11.4. The minimum Gasteiger partial charge on any atom is -0.382 e. The molecule has 0 saturated carbocycles. The lowest BCUT2D eigenvalue weighted by molar-refractivity contribution is 0.653. The summed E-state index contributed by atoms with van der Waals surface area (Å²) in [5, 5.41) is 4.52. The third kappa shape index (κ3) is 1.66. The highest BCUT2D eigenvalue weighted by Gasteiger charge is 2.20. The Kier molecular flexibility index (Phi) is 2.45. The number of benzene rings is 1. The van der Waals surface area contributed by atoms with Gasteiger partial charge < -0.3 is 5.73 Å². The molecule has 0 radical (unpaired) electrons. The molecule has 1 aliphatic carbocycles. The monoisotopic (exact) mass is 265 g/mol. The number of anilines is 1. The standard InChI is InChI=1S/C15H15N5/c16-15-11-3-1-2-4-14(11)20(19-15)10-5-6-12-13(9-10)18-8-7-17-12/h5-9H,1-4H2,(H2,16,19). The van der Waals surface area contributed by atoms with E-state index >= 15 is 0 Å². The Labute approximate surface area is 116 Å². The molecule has 0 bridgehead atoms. The second-order valence-corrected chi connectivity index (χ2v) is 5.16. The average Bonchev–Trinajstić information content (AvgIpc) is 2.85. The van der Waals surface area contributed by atoms with E-state index in [1.165, 1.54) is 24.1 Å². The molecule has 0 amide bonds. The summed E-state index contributed by atoms with van der Waals surface area (Å²) < 4.78 is 1.97. The molecule has 20 heavy (non-hydrogen) atoms. The molecule has 3 aromatic rings. The molecule has 5 nitrogen and oxygen atoms in total. The molecule has 0 aliphatic heterocycles. The summed E-state index contributed by atoms with van der Waals surface area (Å²) in [7, 11) is 0. The van der Waals surface area contributed by atoms with Crippen molar-refractivity contribution in [3.8, 4) is 5.69 Å². The van der Waals surface area contributed by atoms with Gasteiger partial charge in [-0.3, -0.25) is 9.97 Å². The third-order valence-corrected chi connectivity index (χ3v) is 3.91. The largest absolute Gasteiger partial charge is 0.382 e. The van der Waals surface area contributed by atoms with Gasteiger partial charge in [0.15, 0.2) is 0 Å². The van der Waals surface area contributed by atoms with Crippen molar-refractivity contribution in [2.75, 3.05) is 5.73 Å². The van der Waals surface area contributed by atoms with Gasteiger partial charge in [0.2, 0.25) is 0 Å². The Balaban J connectivity index is 1.90. The molecular weight excluding hydrogens is 250 g/mol. The summed E-state index contributed by atoms with van der Waals surface area (Å²) >= 11 is 0. The molecule has 2 aromatic heterocycles. The number of nitrogens with two attached hydrogens (primary N) is 1. The van der Waals surface area contributed by atoms with Crippen LogP contribution in [0.4, 0.5) is 5.82 Å². The molecule has 0 saturated heterocycles. The van der Waals surface area contributed by atoms with Gasteiger partial charge in [-0.1, -0.05) is 0 Å². The molecule has 0 atom stereocenters. The van der Waals surface area contributed by atoms with E-state index in [1.807, 2.05) is 22.9 Å². The molecule has 1 aliphatic rings. The van der Waals surface area contributed by atoms with Gasteiger partial charge in [-0.15, -0.1) is 0 Å². The number of aromatic nitrogens is 4. The van der Waals surface area contributed by atoms with Crippen molar-refractivity contribution in [2.45, 2.75) is 25.7 Å². The average molecular weight is 265 g/mol. The van der Waals surface area contributed by atoms with Crippen LogP contribution in [0.2, 0.25) is 0 Å². The van der Waals surface area contributed by atoms with Crippen molar-refractivity contribution in [1.82, 2.24) is 19.7 Å². The van der Waals surface area contributed by atoms with Crippen molar-refractivity contribution < 1.29 is 0 Å². The topological polar surface area (TPSA) is 69.6 Å². The second-order valence-electron chi connectivity index (χ2n) is 5.16. The zero-order valence-electron chi connectivity index (χ0n) is 11.1. The Bertz CT molecular complexity index is 790. The SMILES string of the molecule is Nc1nn(-c2ccc3nccnc3c2)c2c1CCCC2. The number of nitrogens with zero attached hydrogens (tertiary/aromatic N) is 4. The van der Waals surface area contributed by atoms with E-state index in [0.717, 1.165) is 29.6 Å². The van der Waals surface area contributed by atoms with Crippen molar-refractivity contribution in [1.29, 1.82) is 0 Å². The van der Waals surface area contributed by atoms with Crippen LogP contribution < -0.4 is 5.73 Å². The van der Waals surface area contributed by atoms with E-state index in [0.29, 0.717) is 5.82 Å². The molecule has 2 N–H and O–H groups in total. The van der Waals surface area contributed by atoms with E-state index in [1.54, 1.807) is 12.4 Å². The molecule has 0 fully saturated rings. The molecule has 100 valence electrons. The molecule has 5 heteroatoms. The highest BCUT2D eigenvalue weighted by Crippen LogP contribution is 2.28. The van der Waals surface area contributed by atoms with Crippen LogP contribution in [-0.2, 0) is 12.8 Å². The zero-order chi connectivity index (χ0) is 13.5. The van der Waals surface area contributed by atoms with E-state index < -0.39 is 0 Å². The number of hydrogen-bond acceptors (Lipinski definition) is 4. The maximum atomic E-state index is 6.05. The maximum Gasteiger partial charge on any atom is 0.149 e. The van der Waals surface area contributed by atoms with Crippen molar-refractivity contribution >= 4 is 16.9 Å². The van der Waals surface area contributed by atoms with E-state index in [4.69, 9.17) is 5.73 Å². The van der Waals surface area contributed by atoms with Gasteiger partial charge >= 0.3 is 0 Å². The van der Waals surface area contributed by atoms with Gasteiger partial charge in [-0.2, -0.15) is 5.10 Å². The predicted octanol–water partition coefficient (Wildman–Crippen LogP) is 2.28. The normalized spacial score (nSPS) is 14.4. The minimum atomic E-state index is 0.666. The van der Waals surface area contributed by atoms with Gasteiger partial charge in [0.05, 0.1) is 16.7 Å². The smallest absolute Gasteiger partial charge is 0.149 e. The van der Waals surface area contributed by atoms with Crippen LogP contribution in [0.5, 0.6) is 0 Å². The number of fused-ring (bicyclic) bond motifs is 2. The third-order valence-electron chi connectivity index (χ3n) is 3.91. The van der Waals surface area contributed by atoms with Gasteiger partial charge in [0.1, 0.15) is 5.82 Å². The summed E-state index contributed by atoms with van der Waals surface area (Å²) in [5.41, 5.74) is 11.3. The Morgan fingerprint density at radius 1 is 1.00 bits per heavy atom. The summed E-state index contributed by atoms with van der Waals surface area (Å²) in [6, 6.07) is 6.02. The Morgan fingerprint density at radius 2 is 1.80 bits per heavy atom. The first-order chi connectivity index (χ1) is 9.83. The van der Waals surface area contributed by atoms with Crippen LogP contribution in [0.1, 0.15) is 24.1 Å². The lowest BCUT2D eigenvalue weighted by atomic mass is 9.97. The van der Waals surface area contributed by atoms with Crippen molar-refractivity contribution in [3.63, 3.8) is 0 Å². The molecule has 4 rings (SSSR count). The molecule has 2 heterocycles. The van der Waals surface area contributed by atoms with Crippen LogP contribution in [0.15, 0.2) is 30.6 Å². The van der Waals surface area contributed by atoms with Gasteiger partial charge in [-0.05, 0) is 43.9 Å². The van der Waals surface area contributed by atoms with E-state index in [-0.39, 0.29) is 0 Å². The summed E-state index contributed by atoms with van der Waals surface area (Å²) in [6.07, 6.45) is 7.89. The van der Waals surface area contributed by atoms with Gasteiger partial charge in [0.25, 0.3) is 0 Å². The lowest BCUT2D eigenvalue weighted by Gasteiger charge is -2.13. The van der Waals surface area contributed by atoms with Gasteiger partial charge in [0, 0.05) is 23.7 Å². The molecular formula is C15H15N5. The fraction of sp³-hybridized carbons (Fsp3) is 0.267. The van der Waals surface area contributed by atoms with Crippen LogP contribution in [0, 0.1) is 0 Å². The van der Waals surface area contributed by atoms with Crippen molar-refractivity contribution in [2.24, 2.45) is 0 Å². The first-order valence-electron chi connectivity index (χ1n) is 6.90. The number of hydrogen-bond donors (Lipinski definition) is 1. The van der Waals surface area contributed by atoms with Crippen LogP contribution in [0.25, 0.3) is 16.7 Å². The molecule has 1 aromatic carbocycles. The number of nitrogen functional groups attached to an aromatic ring is 1. The van der Waals surface area contributed by atoms with Crippen molar-refractivity contribution in [3.05, 3.63) is 41.9 Å².